The van der Waals surface area contributed by atoms with E-state index in [1.807, 2.05) is 18.2 Å². The van der Waals surface area contributed by atoms with Crippen LogP contribution in [0.1, 0.15) is 32.0 Å². The molecular formula is C15H19N3O. The highest BCUT2D eigenvalue weighted by Crippen LogP contribution is 2.28. The maximum atomic E-state index is 5.78. The number of rotatable bonds is 3. The van der Waals surface area contributed by atoms with Crippen LogP contribution in [-0.4, -0.2) is 9.97 Å². The fourth-order valence-corrected chi connectivity index (χ4v) is 1.72. The van der Waals surface area contributed by atoms with Gasteiger partial charge in [0, 0.05) is 18.9 Å². The van der Waals surface area contributed by atoms with Gasteiger partial charge in [0.1, 0.15) is 11.4 Å². The van der Waals surface area contributed by atoms with Gasteiger partial charge >= 0.3 is 0 Å². The van der Waals surface area contributed by atoms with Crippen molar-refractivity contribution in [2.75, 3.05) is 0 Å². The number of nitrogens with two attached hydrogens (primary N) is 1. The van der Waals surface area contributed by atoms with Crippen LogP contribution in [-0.2, 0) is 12.0 Å². The molecule has 19 heavy (non-hydrogen) atoms. The number of ether oxygens (including phenoxy) is 1. The molecule has 100 valence electrons. The van der Waals surface area contributed by atoms with E-state index in [4.69, 9.17) is 10.5 Å². The monoisotopic (exact) mass is 257 g/mol. The molecule has 2 rings (SSSR count). The van der Waals surface area contributed by atoms with Crippen molar-refractivity contribution in [1.29, 1.82) is 0 Å². The van der Waals surface area contributed by atoms with Crippen molar-refractivity contribution in [3.05, 3.63) is 47.9 Å². The highest BCUT2D eigenvalue weighted by Gasteiger charge is 2.14. The zero-order valence-electron chi connectivity index (χ0n) is 11.6. The standard InChI is InChI=1S/C15H19N3O/c1-15(2,3)11-5-4-6-12(9-11)19-14-13(10-16)17-7-8-18-14/h4-9H,10,16H2,1-3H3. The van der Waals surface area contributed by atoms with E-state index < -0.39 is 0 Å². The highest BCUT2D eigenvalue weighted by atomic mass is 16.5. The van der Waals surface area contributed by atoms with Crippen LogP contribution in [0.15, 0.2) is 36.7 Å². The summed E-state index contributed by atoms with van der Waals surface area (Å²) in [6, 6.07) is 8.00. The summed E-state index contributed by atoms with van der Waals surface area (Å²) in [5.74, 6) is 1.22. The summed E-state index contributed by atoms with van der Waals surface area (Å²) in [5.41, 5.74) is 7.57. The van der Waals surface area contributed by atoms with Gasteiger partial charge in [-0.05, 0) is 23.1 Å². The average Bonchev–Trinajstić information content (AvgIpc) is 2.39. The van der Waals surface area contributed by atoms with Gasteiger partial charge in [0.15, 0.2) is 0 Å². The van der Waals surface area contributed by atoms with E-state index in [1.54, 1.807) is 12.4 Å². The Morgan fingerprint density at radius 1 is 1.16 bits per heavy atom. The van der Waals surface area contributed by atoms with Gasteiger partial charge in [0.05, 0.1) is 0 Å². The minimum atomic E-state index is 0.0818. The second kappa shape index (κ2) is 5.36. The molecule has 0 saturated carbocycles. The Balaban J connectivity index is 2.29. The molecular weight excluding hydrogens is 238 g/mol. The van der Waals surface area contributed by atoms with E-state index >= 15 is 0 Å². The molecule has 1 heterocycles. The Morgan fingerprint density at radius 3 is 2.58 bits per heavy atom. The first-order valence-corrected chi connectivity index (χ1v) is 6.29. The molecule has 0 radical (unpaired) electrons. The molecule has 0 spiro atoms. The van der Waals surface area contributed by atoms with Gasteiger partial charge in [-0.25, -0.2) is 4.98 Å². The van der Waals surface area contributed by atoms with Crippen molar-refractivity contribution in [3.8, 4) is 11.6 Å². The van der Waals surface area contributed by atoms with Gasteiger partial charge in [0.2, 0.25) is 5.88 Å². The van der Waals surface area contributed by atoms with Crippen molar-refractivity contribution < 1.29 is 4.74 Å². The molecule has 4 nitrogen and oxygen atoms in total. The predicted octanol–water partition coefficient (Wildman–Crippen LogP) is 3.03. The molecule has 0 bridgehead atoms. The number of benzene rings is 1. The summed E-state index contributed by atoms with van der Waals surface area (Å²) >= 11 is 0. The Kier molecular flexibility index (Phi) is 3.81. The molecule has 0 aliphatic heterocycles. The van der Waals surface area contributed by atoms with Gasteiger partial charge in [-0.1, -0.05) is 32.9 Å². The first kappa shape index (κ1) is 13.5. The molecule has 0 unspecified atom stereocenters. The Hall–Kier alpha value is -1.94. The van der Waals surface area contributed by atoms with Crippen LogP contribution in [0.2, 0.25) is 0 Å². The van der Waals surface area contributed by atoms with Crippen molar-refractivity contribution in [2.24, 2.45) is 5.73 Å². The van der Waals surface area contributed by atoms with E-state index in [9.17, 15) is 0 Å². The first-order chi connectivity index (χ1) is 9.00. The largest absolute Gasteiger partial charge is 0.437 e. The second-order valence-corrected chi connectivity index (χ2v) is 5.39. The third kappa shape index (κ3) is 3.29. The number of nitrogens with zero attached hydrogens (tertiary/aromatic N) is 2. The molecule has 4 heteroatoms. The lowest BCUT2D eigenvalue weighted by atomic mass is 9.87. The first-order valence-electron chi connectivity index (χ1n) is 6.29. The maximum Gasteiger partial charge on any atom is 0.242 e. The topological polar surface area (TPSA) is 61.0 Å². The fourth-order valence-electron chi connectivity index (χ4n) is 1.72. The minimum Gasteiger partial charge on any atom is -0.437 e. The van der Waals surface area contributed by atoms with E-state index in [-0.39, 0.29) is 5.41 Å². The molecule has 2 N–H and O–H groups in total. The van der Waals surface area contributed by atoms with E-state index in [0.717, 1.165) is 5.75 Å². The van der Waals surface area contributed by atoms with Crippen LogP contribution >= 0.6 is 0 Å². The molecule has 0 amide bonds. The number of hydrogen-bond donors (Lipinski definition) is 1. The summed E-state index contributed by atoms with van der Waals surface area (Å²) < 4.78 is 5.78. The summed E-state index contributed by atoms with van der Waals surface area (Å²) in [5, 5.41) is 0. The molecule has 1 aromatic heterocycles. The zero-order valence-corrected chi connectivity index (χ0v) is 11.6. The Morgan fingerprint density at radius 2 is 1.89 bits per heavy atom. The maximum absolute atomic E-state index is 5.78. The highest BCUT2D eigenvalue weighted by molar-refractivity contribution is 5.35. The van der Waals surface area contributed by atoms with Crippen LogP contribution in [0.25, 0.3) is 0 Å². The quantitative estimate of drug-likeness (QED) is 0.918. The van der Waals surface area contributed by atoms with Gasteiger partial charge in [0.25, 0.3) is 0 Å². The third-order valence-corrected chi connectivity index (χ3v) is 2.84. The van der Waals surface area contributed by atoms with Crippen LogP contribution in [0.3, 0.4) is 0 Å². The molecule has 0 fully saturated rings. The van der Waals surface area contributed by atoms with E-state index in [0.29, 0.717) is 18.1 Å². The Bertz CT molecular complexity index is 561. The molecule has 0 aliphatic carbocycles. The summed E-state index contributed by atoms with van der Waals surface area (Å²) in [4.78, 5) is 8.32. The SMILES string of the molecule is CC(C)(C)c1cccc(Oc2nccnc2CN)c1. The van der Waals surface area contributed by atoms with Crippen LogP contribution in [0, 0.1) is 0 Å². The van der Waals surface area contributed by atoms with Crippen LogP contribution < -0.4 is 10.5 Å². The number of hydrogen-bond acceptors (Lipinski definition) is 4. The molecule has 0 aliphatic rings. The van der Waals surface area contributed by atoms with Crippen molar-refractivity contribution in [2.45, 2.75) is 32.7 Å². The minimum absolute atomic E-state index is 0.0818. The van der Waals surface area contributed by atoms with Gasteiger partial charge in [-0.2, -0.15) is 0 Å². The van der Waals surface area contributed by atoms with E-state index in [1.165, 1.54) is 5.56 Å². The predicted molar refractivity (Wildman–Crippen MR) is 75.1 cm³/mol. The third-order valence-electron chi connectivity index (χ3n) is 2.84. The van der Waals surface area contributed by atoms with Gasteiger partial charge in [-0.15, -0.1) is 0 Å². The van der Waals surface area contributed by atoms with Crippen molar-refractivity contribution in [3.63, 3.8) is 0 Å². The summed E-state index contributed by atoms with van der Waals surface area (Å²) in [6.45, 7) is 6.81. The summed E-state index contributed by atoms with van der Waals surface area (Å²) in [6.07, 6.45) is 3.21. The van der Waals surface area contributed by atoms with Crippen molar-refractivity contribution >= 4 is 0 Å². The lowest BCUT2D eigenvalue weighted by molar-refractivity contribution is 0.449. The normalized spacial score (nSPS) is 11.4. The average molecular weight is 257 g/mol. The zero-order chi connectivity index (χ0) is 13.9. The lowest BCUT2D eigenvalue weighted by Gasteiger charge is -2.19. The molecule has 1 aromatic carbocycles. The van der Waals surface area contributed by atoms with Crippen molar-refractivity contribution in [1.82, 2.24) is 9.97 Å². The van der Waals surface area contributed by atoms with Crippen LogP contribution in [0.4, 0.5) is 0 Å². The molecule has 0 atom stereocenters. The van der Waals surface area contributed by atoms with Gasteiger partial charge in [-0.3, -0.25) is 4.98 Å². The van der Waals surface area contributed by atoms with E-state index in [2.05, 4.69) is 36.8 Å². The number of aromatic nitrogens is 2. The summed E-state index contributed by atoms with van der Waals surface area (Å²) in [7, 11) is 0. The van der Waals surface area contributed by atoms with Crippen LogP contribution in [0.5, 0.6) is 11.6 Å². The second-order valence-electron chi connectivity index (χ2n) is 5.39. The molecule has 2 aromatic rings. The lowest BCUT2D eigenvalue weighted by Crippen LogP contribution is -2.11. The Labute approximate surface area is 113 Å². The fraction of sp³-hybridized carbons (Fsp3) is 0.333. The van der Waals surface area contributed by atoms with Gasteiger partial charge < -0.3 is 10.5 Å². The smallest absolute Gasteiger partial charge is 0.242 e. The molecule has 0 saturated heterocycles.